The molecule has 2 fully saturated rings. The number of ether oxygens (including phenoxy) is 1. The summed E-state index contributed by atoms with van der Waals surface area (Å²) in [5.41, 5.74) is 6.17. The number of furan rings is 1. The maximum Gasteiger partial charge on any atom is 0.373 e. The van der Waals surface area contributed by atoms with E-state index in [0.29, 0.717) is 0 Å². The molecular formula is C12H15NO3. The number of carbonyl (C=O) groups excluding carboxylic acids is 1. The van der Waals surface area contributed by atoms with E-state index in [1.54, 1.807) is 6.07 Å². The van der Waals surface area contributed by atoms with Gasteiger partial charge in [0.05, 0.1) is 7.11 Å². The molecule has 0 aliphatic heterocycles. The van der Waals surface area contributed by atoms with Crippen molar-refractivity contribution in [1.29, 1.82) is 0 Å². The Balaban J connectivity index is 1.91. The Morgan fingerprint density at radius 1 is 1.38 bits per heavy atom. The Bertz CT molecular complexity index is 441. The van der Waals surface area contributed by atoms with Gasteiger partial charge in [0.15, 0.2) is 0 Å². The molecule has 0 unspecified atom stereocenters. The lowest BCUT2D eigenvalue weighted by Gasteiger charge is -2.19. The van der Waals surface area contributed by atoms with Gasteiger partial charge in [-0.15, -0.1) is 0 Å². The van der Waals surface area contributed by atoms with E-state index in [1.807, 2.05) is 6.07 Å². The van der Waals surface area contributed by atoms with Gasteiger partial charge in [0.25, 0.3) is 0 Å². The lowest BCUT2D eigenvalue weighted by Crippen LogP contribution is -2.36. The van der Waals surface area contributed by atoms with Crippen LogP contribution < -0.4 is 5.73 Å². The van der Waals surface area contributed by atoms with Crippen LogP contribution >= 0.6 is 0 Å². The highest BCUT2D eigenvalue weighted by molar-refractivity contribution is 5.86. The predicted octanol–water partition coefficient (Wildman–Crippen LogP) is 1.59. The van der Waals surface area contributed by atoms with Crippen LogP contribution in [0.1, 0.15) is 42.0 Å². The van der Waals surface area contributed by atoms with Crippen LogP contribution in [0.5, 0.6) is 0 Å². The molecule has 0 bridgehead atoms. The van der Waals surface area contributed by atoms with Gasteiger partial charge >= 0.3 is 5.97 Å². The maximum atomic E-state index is 11.3. The average molecular weight is 221 g/mol. The molecule has 1 aromatic rings. The summed E-state index contributed by atoms with van der Waals surface area (Å²) >= 11 is 0. The zero-order valence-corrected chi connectivity index (χ0v) is 9.29. The molecule has 4 nitrogen and oxygen atoms in total. The van der Waals surface area contributed by atoms with Crippen LogP contribution in [0.3, 0.4) is 0 Å². The minimum Gasteiger partial charge on any atom is -0.463 e. The van der Waals surface area contributed by atoms with Crippen LogP contribution in [-0.4, -0.2) is 18.6 Å². The van der Waals surface area contributed by atoms with Crippen LogP contribution in [0.4, 0.5) is 0 Å². The summed E-state index contributed by atoms with van der Waals surface area (Å²) in [6.07, 6.45) is 4.25. The first kappa shape index (κ1) is 9.90. The van der Waals surface area contributed by atoms with Crippen molar-refractivity contribution < 1.29 is 13.9 Å². The third kappa shape index (κ3) is 1.16. The van der Waals surface area contributed by atoms with Crippen molar-refractivity contribution in [3.8, 4) is 0 Å². The van der Waals surface area contributed by atoms with Crippen molar-refractivity contribution >= 4 is 5.97 Å². The lowest BCUT2D eigenvalue weighted by molar-refractivity contribution is 0.0561. The fourth-order valence-corrected chi connectivity index (χ4v) is 2.53. The molecule has 4 heteroatoms. The van der Waals surface area contributed by atoms with E-state index in [-0.39, 0.29) is 16.7 Å². The molecule has 0 spiro atoms. The standard InChI is InChI=1S/C12H15NO3/c1-15-10(14)8-2-3-9(16-8)11(4-5-11)12(13)6-7-12/h2-3H,4-7,13H2,1H3. The van der Waals surface area contributed by atoms with Gasteiger partial charge in [-0.3, -0.25) is 0 Å². The lowest BCUT2D eigenvalue weighted by atomic mass is 9.92. The largest absolute Gasteiger partial charge is 0.463 e. The molecule has 2 aliphatic rings. The average Bonchev–Trinajstić information content (AvgIpc) is 3.19. The van der Waals surface area contributed by atoms with Gasteiger partial charge in [-0.05, 0) is 37.8 Å². The molecule has 0 radical (unpaired) electrons. The van der Waals surface area contributed by atoms with Gasteiger partial charge in [0.2, 0.25) is 5.76 Å². The summed E-state index contributed by atoms with van der Waals surface area (Å²) in [6.45, 7) is 0. The van der Waals surface area contributed by atoms with Gasteiger partial charge in [-0.25, -0.2) is 4.79 Å². The number of methoxy groups -OCH3 is 1. The quantitative estimate of drug-likeness (QED) is 0.787. The number of hydrogen-bond donors (Lipinski definition) is 1. The Labute approximate surface area is 93.7 Å². The van der Waals surface area contributed by atoms with Crippen molar-refractivity contribution in [2.24, 2.45) is 5.73 Å². The number of esters is 1. The van der Waals surface area contributed by atoms with E-state index in [9.17, 15) is 4.79 Å². The van der Waals surface area contributed by atoms with E-state index >= 15 is 0 Å². The van der Waals surface area contributed by atoms with E-state index in [4.69, 9.17) is 10.2 Å². The first-order valence-corrected chi connectivity index (χ1v) is 5.59. The number of nitrogens with two attached hydrogens (primary N) is 1. The molecule has 2 N–H and O–H groups in total. The second kappa shape index (κ2) is 2.88. The van der Waals surface area contributed by atoms with Gasteiger partial charge in [0.1, 0.15) is 5.76 Å². The Hall–Kier alpha value is -1.29. The normalized spacial score (nSPS) is 23.9. The molecule has 0 saturated heterocycles. The summed E-state index contributed by atoms with van der Waals surface area (Å²) < 4.78 is 10.2. The molecule has 0 aromatic carbocycles. The zero-order valence-electron chi connectivity index (χ0n) is 9.29. The summed E-state index contributed by atoms with van der Waals surface area (Å²) in [4.78, 5) is 11.3. The predicted molar refractivity (Wildman–Crippen MR) is 57.1 cm³/mol. The summed E-state index contributed by atoms with van der Waals surface area (Å²) in [5.74, 6) is 0.699. The molecule has 16 heavy (non-hydrogen) atoms. The highest BCUT2D eigenvalue weighted by Crippen LogP contribution is 2.63. The van der Waals surface area contributed by atoms with E-state index in [1.165, 1.54) is 7.11 Å². The van der Waals surface area contributed by atoms with Crippen molar-refractivity contribution in [3.05, 3.63) is 23.7 Å². The SMILES string of the molecule is COC(=O)c1ccc(C2(C3(N)CC3)CC2)o1. The minimum atomic E-state index is -0.427. The smallest absolute Gasteiger partial charge is 0.373 e. The van der Waals surface area contributed by atoms with Gasteiger partial charge < -0.3 is 14.9 Å². The highest BCUT2D eigenvalue weighted by Gasteiger charge is 2.65. The van der Waals surface area contributed by atoms with E-state index in [0.717, 1.165) is 31.4 Å². The fraction of sp³-hybridized carbons (Fsp3) is 0.583. The monoisotopic (exact) mass is 221 g/mol. The first-order chi connectivity index (χ1) is 7.61. The van der Waals surface area contributed by atoms with Crippen LogP contribution in [0, 0.1) is 0 Å². The van der Waals surface area contributed by atoms with E-state index in [2.05, 4.69) is 4.74 Å². The fourth-order valence-electron chi connectivity index (χ4n) is 2.53. The molecule has 86 valence electrons. The third-order valence-corrected chi connectivity index (χ3v) is 3.96. The van der Waals surface area contributed by atoms with Crippen LogP contribution in [0.15, 0.2) is 16.5 Å². The Morgan fingerprint density at radius 2 is 2.06 bits per heavy atom. The molecule has 3 rings (SSSR count). The molecule has 1 aromatic heterocycles. The third-order valence-electron chi connectivity index (χ3n) is 3.96. The molecule has 1 heterocycles. The molecule has 2 saturated carbocycles. The second-order valence-electron chi connectivity index (χ2n) is 4.89. The van der Waals surface area contributed by atoms with Crippen molar-refractivity contribution in [1.82, 2.24) is 0 Å². The number of hydrogen-bond acceptors (Lipinski definition) is 4. The van der Waals surface area contributed by atoms with Gasteiger partial charge in [0, 0.05) is 11.0 Å². The second-order valence-corrected chi connectivity index (χ2v) is 4.89. The summed E-state index contributed by atoms with van der Waals surface area (Å²) in [6, 6.07) is 3.54. The van der Waals surface area contributed by atoms with Gasteiger partial charge in [-0.1, -0.05) is 0 Å². The molecule has 0 amide bonds. The maximum absolute atomic E-state index is 11.3. The van der Waals surface area contributed by atoms with Crippen molar-refractivity contribution in [2.75, 3.05) is 7.11 Å². The summed E-state index contributed by atoms with van der Waals surface area (Å²) in [5, 5.41) is 0. The topological polar surface area (TPSA) is 65.5 Å². The molecule has 0 atom stereocenters. The van der Waals surface area contributed by atoms with Gasteiger partial charge in [-0.2, -0.15) is 0 Å². The van der Waals surface area contributed by atoms with Crippen LogP contribution in [0.2, 0.25) is 0 Å². The van der Waals surface area contributed by atoms with E-state index < -0.39 is 5.97 Å². The number of carbonyl (C=O) groups is 1. The zero-order chi connectivity index (χ0) is 11.4. The minimum absolute atomic E-state index is 0.000723. The molecular weight excluding hydrogens is 206 g/mol. The van der Waals surface area contributed by atoms with Crippen LogP contribution in [-0.2, 0) is 10.2 Å². The number of rotatable bonds is 3. The summed E-state index contributed by atoms with van der Waals surface area (Å²) in [7, 11) is 1.35. The Morgan fingerprint density at radius 3 is 2.56 bits per heavy atom. The highest BCUT2D eigenvalue weighted by atomic mass is 16.5. The van der Waals surface area contributed by atoms with Crippen molar-refractivity contribution in [3.63, 3.8) is 0 Å². The first-order valence-electron chi connectivity index (χ1n) is 5.59. The van der Waals surface area contributed by atoms with Crippen LogP contribution in [0.25, 0.3) is 0 Å². The van der Waals surface area contributed by atoms with Crippen molar-refractivity contribution in [2.45, 2.75) is 36.6 Å². The Kier molecular flexibility index (Phi) is 1.79. The molecule has 2 aliphatic carbocycles.